The third-order valence-electron chi connectivity index (χ3n) is 6.64. The van der Waals surface area contributed by atoms with Crippen molar-refractivity contribution in [2.75, 3.05) is 20.2 Å². The normalized spacial score (nSPS) is 15.8. The highest BCUT2D eigenvalue weighted by molar-refractivity contribution is 5.96. The zero-order chi connectivity index (χ0) is 24.6. The lowest BCUT2D eigenvalue weighted by molar-refractivity contribution is -0.136. The second-order valence-corrected chi connectivity index (χ2v) is 8.67. The number of likely N-dealkylation sites (tertiary alicyclic amines) is 1. The summed E-state index contributed by atoms with van der Waals surface area (Å²) >= 11 is 0. The Balaban J connectivity index is 1.80. The zero-order valence-electron chi connectivity index (χ0n) is 19.3. The van der Waals surface area contributed by atoms with Crippen LogP contribution >= 0.6 is 0 Å². The second kappa shape index (κ2) is 8.88. The number of H-pyrrole nitrogens is 1. The van der Waals surface area contributed by atoms with Crippen LogP contribution < -0.4 is 10.5 Å². The number of hydrogen-bond donors (Lipinski definition) is 3. The van der Waals surface area contributed by atoms with Crippen molar-refractivity contribution in [2.24, 2.45) is 5.73 Å². The lowest BCUT2D eigenvalue weighted by Crippen LogP contribution is -2.60. The summed E-state index contributed by atoms with van der Waals surface area (Å²) in [7, 11) is 1.57. The molecule has 4 aromatic rings. The van der Waals surface area contributed by atoms with E-state index in [1.54, 1.807) is 37.7 Å². The number of amides is 1. The maximum absolute atomic E-state index is 13.5. The standard InChI is InChI=1S/C25H26N6O4/c1-35-19-6-4-5-16(11-19)13-25(24(26)34,30-9-2-3-10-30)31-21(23(32)33)12-17-7-8-20(29-22(17)31)18-14-27-28-15-18/h4-8,11-12,14-15H,2-3,9-10,13H2,1H3,(H2,26,34)(H,27,28)(H,32,33). The van der Waals surface area contributed by atoms with E-state index >= 15 is 0 Å². The van der Waals surface area contributed by atoms with Gasteiger partial charge in [0.25, 0.3) is 5.91 Å². The SMILES string of the molecule is COc1cccc(CC(C(N)=O)(N2CCCC2)n2c(C(=O)O)cc3ccc(-c4cn[nH]c4)nc32)c1. The van der Waals surface area contributed by atoms with Gasteiger partial charge in [-0.3, -0.25) is 19.4 Å². The molecule has 0 radical (unpaired) electrons. The summed E-state index contributed by atoms with van der Waals surface area (Å²) in [6, 6.07) is 12.5. The van der Waals surface area contributed by atoms with Crippen molar-refractivity contribution in [3.8, 4) is 17.0 Å². The molecule has 1 aromatic carbocycles. The second-order valence-electron chi connectivity index (χ2n) is 8.67. The number of carboxylic acid groups (broad SMARTS) is 1. The first-order chi connectivity index (χ1) is 16.9. The van der Waals surface area contributed by atoms with Crippen molar-refractivity contribution < 1.29 is 19.4 Å². The van der Waals surface area contributed by atoms with E-state index in [9.17, 15) is 14.7 Å². The van der Waals surface area contributed by atoms with E-state index in [0.717, 1.165) is 24.0 Å². The molecule has 35 heavy (non-hydrogen) atoms. The summed E-state index contributed by atoms with van der Waals surface area (Å²) in [6.45, 7) is 1.21. The number of benzene rings is 1. The van der Waals surface area contributed by atoms with Crippen LogP contribution in [0.5, 0.6) is 5.75 Å². The largest absolute Gasteiger partial charge is 0.497 e. The number of methoxy groups -OCH3 is 1. The van der Waals surface area contributed by atoms with Crippen LogP contribution in [-0.4, -0.2) is 61.8 Å². The minimum atomic E-state index is -1.49. The van der Waals surface area contributed by atoms with E-state index in [1.165, 1.54) is 4.57 Å². The molecule has 0 spiro atoms. The first-order valence-corrected chi connectivity index (χ1v) is 11.4. The number of carbonyl (C=O) groups excluding carboxylic acids is 1. The molecule has 1 aliphatic rings. The molecule has 10 nitrogen and oxygen atoms in total. The van der Waals surface area contributed by atoms with E-state index < -0.39 is 17.5 Å². The van der Waals surface area contributed by atoms with Crippen LogP contribution in [0.3, 0.4) is 0 Å². The van der Waals surface area contributed by atoms with Gasteiger partial charge >= 0.3 is 5.97 Å². The number of hydrogen-bond acceptors (Lipinski definition) is 6. The molecule has 0 bridgehead atoms. The minimum absolute atomic E-state index is 0.0505. The van der Waals surface area contributed by atoms with Crippen molar-refractivity contribution in [1.29, 1.82) is 0 Å². The van der Waals surface area contributed by atoms with Crippen molar-refractivity contribution in [2.45, 2.75) is 24.9 Å². The Morgan fingerprint density at radius 1 is 1.20 bits per heavy atom. The molecule has 0 saturated carbocycles. The number of carbonyl (C=O) groups is 2. The topological polar surface area (TPSA) is 139 Å². The maximum atomic E-state index is 13.5. The molecule has 5 rings (SSSR count). The van der Waals surface area contributed by atoms with Gasteiger partial charge in [0.05, 0.1) is 19.0 Å². The fourth-order valence-corrected chi connectivity index (χ4v) is 5.00. The highest BCUT2D eigenvalue weighted by atomic mass is 16.5. The monoisotopic (exact) mass is 474 g/mol. The minimum Gasteiger partial charge on any atom is -0.497 e. The van der Waals surface area contributed by atoms with Crippen LogP contribution in [0.25, 0.3) is 22.3 Å². The number of nitrogens with zero attached hydrogens (tertiary/aromatic N) is 4. The van der Waals surface area contributed by atoms with E-state index in [2.05, 4.69) is 10.2 Å². The number of rotatable bonds is 8. The van der Waals surface area contributed by atoms with E-state index in [1.807, 2.05) is 29.2 Å². The molecule has 3 aromatic heterocycles. The molecule has 1 saturated heterocycles. The number of nitrogens with one attached hydrogen (secondary N) is 1. The van der Waals surface area contributed by atoms with E-state index in [-0.39, 0.29) is 12.1 Å². The molecule has 1 fully saturated rings. The molecular weight excluding hydrogens is 448 g/mol. The number of aromatic carboxylic acids is 1. The summed E-state index contributed by atoms with van der Waals surface area (Å²) in [4.78, 5) is 32.8. The molecule has 4 N–H and O–H groups in total. The number of fused-ring (bicyclic) bond motifs is 1. The molecule has 1 atom stereocenters. The number of carboxylic acids is 1. The van der Waals surface area contributed by atoms with Crippen LogP contribution in [0.15, 0.2) is 54.9 Å². The Labute approximate surface area is 201 Å². The Bertz CT molecular complexity index is 1390. The Morgan fingerprint density at radius 2 is 2.00 bits per heavy atom. The number of nitrogens with two attached hydrogens (primary N) is 1. The Hall–Kier alpha value is -4.18. The Kier molecular flexibility index (Phi) is 5.73. The van der Waals surface area contributed by atoms with E-state index in [0.29, 0.717) is 35.6 Å². The van der Waals surface area contributed by atoms with Crippen LogP contribution in [0.2, 0.25) is 0 Å². The van der Waals surface area contributed by atoms with Gasteiger partial charge in [-0.05, 0) is 48.7 Å². The zero-order valence-corrected chi connectivity index (χ0v) is 19.3. The van der Waals surface area contributed by atoms with Crippen molar-refractivity contribution in [3.63, 3.8) is 0 Å². The third-order valence-corrected chi connectivity index (χ3v) is 6.64. The van der Waals surface area contributed by atoms with Crippen molar-refractivity contribution in [3.05, 3.63) is 66.1 Å². The smallest absolute Gasteiger partial charge is 0.352 e. The third kappa shape index (κ3) is 3.81. The van der Waals surface area contributed by atoms with Gasteiger partial charge in [0.15, 0.2) is 5.66 Å². The van der Waals surface area contributed by atoms with Crippen molar-refractivity contribution in [1.82, 2.24) is 24.6 Å². The quantitative estimate of drug-likeness (QED) is 0.357. The molecule has 4 heterocycles. The van der Waals surface area contributed by atoms with Gasteiger partial charge in [0.2, 0.25) is 0 Å². The summed E-state index contributed by atoms with van der Waals surface area (Å²) in [6.07, 6.45) is 5.25. The number of pyridine rings is 1. The van der Waals surface area contributed by atoms with Crippen LogP contribution in [0.4, 0.5) is 0 Å². The first-order valence-electron chi connectivity index (χ1n) is 11.4. The van der Waals surface area contributed by atoms with Crippen molar-refractivity contribution >= 4 is 22.9 Å². The van der Waals surface area contributed by atoms with Crippen LogP contribution in [-0.2, 0) is 16.9 Å². The van der Waals surface area contributed by atoms with Gasteiger partial charge in [-0.25, -0.2) is 9.78 Å². The molecule has 1 amide bonds. The summed E-state index contributed by atoms with van der Waals surface area (Å²) in [5, 5.41) is 17.6. The molecule has 1 unspecified atom stereocenters. The fourth-order valence-electron chi connectivity index (χ4n) is 5.00. The van der Waals surface area contributed by atoms with Gasteiger partial charge in [0.1, 0.15) is 17.1 Å². The van der Waals surface area contributed by atoms with Crippen LogP contribution in [0, 0.1) is 0 Å². The van der Waals surface area contributed by atoms with Gasteiger partial charge < -0.3 is 15.6 Å². The number of aromatic amines is 1. The molecule has 10 heteroatoms. The van der Waals surface area contributed by atoms with E-state index in [4.69, 9.17) is 15.5 Å². The van der Waals surface area contributed by atoms with Gasteiger partial charge in [-0.15, -0.1) is 0 Å². The highest BCUT2D eigenvalue weighted by Crippen LogP contribution is 2.37. The number of aromatic nitrogens is 4. The van der Waals surface area contributed by atoms with Gasteiger partial charge in [-0.1, -0.05) is 12.1 Å². The first kappa shape index (κ1) is 22.6. The predicted molar refractivity (Wildman–Crippen MR) is 129 cm³/mol. The lowest BCUT2D eigenvalue weighted by Gasteiger charge is -2.41. The van der Waals surface area contributed by atoms with Gasteiger partial charge in [0, 0.05) is 36.7 Å². The average Bonchev–Trinajstić information content (AvgIpc) is 3.63. The summed E-state index contributed by atoms with van der Waals surface area (Å²) in [5.41, 5.74) is 7.16. The number of ether oxygens (including phenoxy) is 1. The molecule has 0 aliphatic carbocycles. The lowest BCUT2D eigenvalue weighted by atomic mass is 9.95. The number of primary amides is 1. The summed E-state index contributed by atoms with van der Waals surface area (Å²) in [5.74, 6) is -1.17. The highest BCUT2D eigenvalue weighted by Gasteiger charge is 2.48. The fraction of sp³-hybridized carbons (Fsp3) is 0.280. The maximum Gasteiger partial charge on any atom is 0.352 e. The summed E-state index contributed by atoms with van der Waals surface area (Å²) < 4.78 is 6.90. The average molecular weight is 475 g/mol. The molecular formula is C25H26N6O4. The Morgan fingerprint density at radius 3 is 2.66 bits per heavy atom. The van der Waals surface area contributed by atoms with Crippen LogP contribution in [0.1, 0.15) is 28.9 Å². The molecule has 1 aliphatic heterocycles. The van der Waals surface area contributed by atoms with Gasteiger partial charge in [-0.2, -0.15) is 5.10 Å². The predicted octanol–water partition coefficient (Wildman–Crippen LogP) is 2.61. The molecule has 180 valence electrons.